The zero-order valence-corrected chi connectivity index (χ0v) is 10.4. The third-order valence-corrected chi connectivity index (χ3v) is 4.44. The lowest BCUT2D eigenvalue weighted by molar-refractivity contribution is -0.136. The van der Waals surface area contributed by atoms with Gasteiger partial charge in [-0.1, -0.05) is 19.8 Å². The second-order valence-corrected chi connectivity index (χ2v) is 5.65. The molecule has 92 valence electrons. The Morgan fingerprint density at radius 3 is 2.69 bits per heavy atom. The van der Waals surface area contributed by atoms with E-state index in [1.807, 2.05) is 0 Å². The van der Waals surface area contributed by atoms with Gasteiger partial charge >= 0.3 is 0 Å². The minimum absolute atomic E-state index is 0.0774. The molecule has 0 N–H and O–H groups in total. The maximum absolute atomic E-state index is 10.9. The monoisotopic (exact) mass is 224 g/mol. The lowest BCUT2D eigenvalue weighted by Crippen LogP contribution is -2.43. The van der Waals surface area contributed by atoms with Crippen LogP contribution < -0.4 is 0 Å². The summed E-state index contributed by atoms with van der Waals surface area (Å²) in [5, 5.41) is 0. The fourth-order valence-electron chi connectivity index (χ4n) is 3.43. The van der Waals surface area contributed by atoms with Crippen molar-refractivity contribution in [1.82, 2.24) is 0 Å². The predicted molar refractivity (Wildman–Crippen MR) is 64.3 cm³/mol. The van der Waals surface area contributed by atoms with Crippen molar-refractivity contribution in [1.29, 1.82) is 0 Å². The summed E-state index contributed by atoms with van der Waals surface area (Å²) < 4.78 is 6.01. The SMILES string of the molecule is CCCC1CCC2(CC1)CC(C=O)CCO2. The number of carbonyl (C=O) groups is 1. The third kappa shape index (κ3) is 2.65. The van der Waals surface area contributed by atoms with E-state index in [4.69, 9.17) is 4.74 Å². The molecule has 2 nitrogen and oxygen atoms in total. The van der Waals surface area contributed by atoms with Gasteiger partial charge in [0.05, 0.1) is 5.60 Å². The molecule has 1 saturated carbocycles. The van der Waals surface area contributed by atoms with Crippen molar-refractivity contribution in [3.63, 3.8) is 0 Å². The van der Waals surface area contributed by atoms with Crippen LogP contribution >= 0.6 is 0 Å². The topological polar surface area (TPSA) is 26.3 Å². The van der Waals surface area contributed by atoms with E-state index in [0.29, 0.717) is 0 Å². The van der Waals surface area contributed by atoms with Crippen molar-refractivity contribution in [3.8, 4) is 0 Å². The van der Waals surface area contributed by atoms with Gasteiger partial charge in [-0.3, -0.25) is 0 Å². The molecule has 2 aliphatic rings. The Bertz CT molecular complexity index is 229. The van der Waals surface area contributed by atoms with E-state index in [0.717, 1.165) is 31.7 Å². The van der Waals surface area contributed by atoms with Gasteiger partial charge in [-0.25, -0.2) is 0 Å². The van der Waals surface area contributed by atoms with Gasteiger partial charge in [0.15, 0.2) is 0 Å². The average molecular weight is 224 g/mol. The zero-order chi connectivity index (χ0) is 11.4. The number of ether oxygens (including phenoxy) is 1. The quantitative estimate of drug-likeness (QED) is 0.687. The van der Waals surface area contributed by atoms with Crippen LogP contribution in [-0.4, -0.2) is 18.5 Å². The molecule has 0 radical (unpaired) electrons. The Hall–Kier alpha value is -0.370. The average Bonchev–Trinajstić information content (AvgIpc) is 2.33. The van der Waals surface area contributed by atoms with Crippen LogP contribution in [0.1, 0.15) is 58.3 Å². The molecule has 1 atom stereocenters. The van der Waals surface area contributed by atoms with Gasteiger partial charge in [0, 0.05) is 12.5 Å². The van der Waals surface area contributed by atoms with Gasteiger partial charge in [0.1, 0.15) is 6.29 Å². The van der Waals surface area contributed by atoms with Crippen LogP contribution in [0, 0.1) is 11.8 Å². The Morgan fingerprint density at radius 1 is 1.31 bits per heavy atom. The molecular formula is C14H24O2. The van der Waals surface area contributed by atoms with Gasteiger partial charge in [-0.2, -0.15) is 0 Å². The Balaban J connectivity index is 1.88. The fraction of sp³-hybridized carbons (Fsp3) is 0.929. The number of aldehydes is 1. The van der Waals surface area contributed by atoms with E-state index in [2.05, 4.69) is 6.92 Å². The van der Waals surface area contributed by atoms with E-state index < -0.39 is 0 Å². The second-order valence-electron chi connectivity index (χ2n) is 5.65. The first-order chi connectivity index (χ1) is 7.78. The molecule has 0 bridgehead atoms. The van der Waals surface area contributed by atoms with Gasteiger partial charge in [-0.05, 0) is 44.4 Å². The van der Waals surface area contributed by atoms with Crippen LogP contribution in [-0.2, 0) is 9.53 Å². The third-order valence-electron chi connectivity index (χ3n) is 4.44. The first kappa shape index (κ1) is 12.1. The molecule has 1 heterocycles. The summed E-state index contributed by atoms with van der Waals surface area (Å²) in [4.78, 5) is 10.9. The maximum Gasteiger partial charge on any atom is 0.123 e. The highest BCUT2D eigenvalue weighted by Crippen LogP contribution is 2.42. The Morgan fingerprint density at radius 2 is 2.06 bits per heavy atom. The molecule has 1 saturated heterocycles. The highest BCUT2D eigenvalue weighted by atomic mass is 16.5. The first-order valence-corrected chi connectivity index (χ1v) is 6.87. The molecule has 1 unspecified atom stereocenters. The zero-order valence-electron chi connectivity index (χ0n) is 10.4. The molecule has 2 heteroatoms. The van der Waals surface area contributed by atoms with Crippen molar-refractivity contribution >= 4 is 6.29 Å². The molecule has 2 rings (SSSR count). The molecule has 1 aliphatic heterocycles. The largest absolute Gasteiger partial charge is 0.375 e. The van der Waals surface area contributed by atoms with Crippen LogP contribution in [0.15, 0.2) is 0 Å². The standard InChI is InChI=1S/C14H24O2/c1-2-3-12-4-7-14(8-5-12)10-13(11-15)6-9-16-14/h11-13H,2-10H2,1H3. The van der Waals surface area contributed by atoms with Crippen LogP contribution in [0.25, 0.3) is 0 Å². The number of rotatable bonds is 3. The van der Waals surface area contributed by atoms with Crippen LogP contribution in [0.4, 0.5) is 0 Å². The lowest BCUT2D eigenvalue weighted by Gasteiger charge is -2.44. The van der Waals surface area contributed by atoms with Crippen molar-refractivity contribution in [3.05, 3.63) is 0 Å². The highest BCUT2D eigenvalue weighted by molar-refractivity contribution is 5.53. The normalized spacial score (nSPS) is 39.8. The summed E-state index contributed by atoms with van der Waals surface area (Å²) in [7, 11) is 0. The molecule has 1 aliphatic carbocycles. The molecule has 0 amide bonds. The lowest BCUT2D eigenvalue weighted by atomic mass is 9.72. The van der Waals surface area contributed by atoms with Crippen LogP contribution in [0.3, 0.4) is 0 Å². The van der Waals surface area contributed by atoms with Gasteiger partial charge in [0.25, 0.3) is 0 Å². The van der Waals surface area contributed by atoms with E-state index in [1.54, 1.807) is 0 Å². The van der Waals surface area contributed by atoms with Gasteiger partial charge in [0.2, 0.25) is 0 Å². The molecule has 0 aromatic rings. The molecule has 2 fully saturated rings. The number of hydrogen-bond donors (Lipinski definition) is 0. The Labute approximate surface area is 98.7 Å². The summed E-state index contributed by atoms with van der Waals surface area (Å²) in [5.74, 6) is 1.17. The predicted octanol–water partition coefficient (Wildman–Crippen LogP) is 3.34. The van der Waals surface area contributed by atoms with Crippen LogP contribution in [0.2, 0.25) is 0 Å². The number of carbonyl (C=O) groups excluding carboxylic acids is 1. The molecule has 16 heavy (non-hydrogen) atoms. The van der Waals surface area contributed by atoms with Crippen LogP contribution in [0.5, 0.6) is 0 Å². The summed E-state index contributed by atoms with van der Waals surface area (Å²) in [6, 6.07) is 0. The summed E-state index contributed by atoms with van der Waals surface area (Å²) in [6.45, 7) is 3.06. The minimum atomic E-state index is 0.0774. The smallest absolute Gasteiger partial charge is 0.123 e. The Kier molecular flexibility index (Phi) is 4.01. The molecular weight excluding hydrogens is 200 g/mol. The van der Waals surface area contributed by atoms with E-state index in [9.17, 15) is 4.79 Å². The van der Waals surface area contributed by atoms with Gasteiger partial charge in [-0.15, -0.1) is 0 Å². The van der Waals surface area contributed by atoms with Crippen molar-refractivity contribution in [2.24, 2.45) is 11.8 Å². The maximum atomic E-state index is 10.9. The summed E-state index contributed by atoms with van der Waals surface area (Å²) in [6.07, 6.45) is 10.7. The highest BCUT2D eigenvalue weighted by Gasteiger charge is 2.40. The molecule has 0 aromatic heterocycles. The molecule has 1 spiro atoms. The molecule has 0 aromatic carbocycles. The van der Waals surface area contributed by atoms with Gasteiger partial charge < -0.3 is 9.53 Å². The van der Waals surface area contributed by atoms with E-state index >= 15 is 0 Å². The van der Waals surface area contributed by atoms with Crippen molar-refractivity contribution in [2.75, 3.05) is 6.61 Å². The second kappa shape index (κ2) is 5.31. The minimum Gasteiger partial charge on any atom is -0.375 e. The van der Waals surface area contributed by atoms with Crippen molar-refractivity contribution in [2.45, 2.75) is 63.9 Å². The number of hydrogen-bond acceptors (Lipinski definition) is 2. The van der Waals surface area contributed by atoms with E-state index in [1.165, 1.54) is 38.5 Å². The van der Waals surface area contributed by atoms with E-state index in [-0.39, 0.29) is 11.5 Å². The first-order valence-electron chi connectivity index (χ1n) is 6.87. The van der Waals surface area contributed by atoms with Crippen molar-refractivity contribution < 1.29 is 9.53 Å². The fourth-order valence-corrected chi connectivity index (χ4v) is 3.43. The summed E-state index contributed by atoms with van der Waals surface area (Å²) >= 11 is 0. The summed E-state index contributed by atoms with van der Waals surface area (Å²) in [5.41, 5.74) is 0.0774.